The summed E-state index contributed by atoms with van der Waals surface area (Å²) in [6, 6.07) is 12.4. The zero-order chi connectivity index (χ0) is 32.9. The monoisotopic (exact) mass is 638 g/mol. The van der Waals surface area contributed by atoms with Crippen molar-refractivity contribution < 1.29 is 27.9 Å². The summed E-state index contributed by atoms with van der Waals surface area (Å²) >= 11 is 0. The first-order chi connectivity index (χ1) is 21.2. The molecule has 3 aromatic rings. The number of likely N-dealkylation sites (tertiary alicyclic amines) is 1. The van der Waals surface area contributed by atoms with Crippen LogP contribution in [0.15, 0.2) is 59.5 Å². The zero-order valence-corrected chi connectivity index (χ0v) is 26.4. The van der Waals surface area contributed by atoms with Gasteiger partial charge in [0.05, 0.1) is 10.8 Å². The van der Waals surface area contributed by atoms with Gasteiger partial charge in [-0.15, -0.1) is 0 Å². The number of benzene rings is 2. The highest BCUT2D eigenvalue weighted by Gasteiger charge is 2.41. The Kier molecular flexibility index (Phi) is 10.1. The molecule has 5 N–H and O–H groups in total. The molecule has 3 amide bonds. The maximum absolute atomic E-state index is 13.3. The van der Waals surface area contributed by atoms with Crippen LogP contribution in [0.2, 0.25) is 0 Å². The second kappa shape index (κ2) is 13.6. The van der Waals surface area contributed by atoms with Crippen LogP contribution in [0.25, 0.3) is 0 Å². The summed E-state index contributed by atoms with van der Waals surface area (Å²) in [4.78, 5) is 58.4. The standard InChI is InChI=1S/C31H38N6O7S/c1-19(2)45(43,44)36-31(23-11-6-5-7-12-23)13-15-37(16-14-31)30(42)33-24(28(39)40)17-22-18-32-29(41)35-26(22)34-27(38)25-20(3)9-8-10-21(25)4/h5-12,18-19,24,36H,13-17H2,1-4H3,(H,33,42)(H,39,40)(H2,32,34,35,38,41). The summed E-state index contributed by atoms with van der Waals surface area (Å²) in [5.74, 6) is -1.96. The fourth-order valence-corrected chi connectivity index (χ4v) is 6.48. The third-order valence-electron chi connectivity index (χ3n) is 8.04. The number of amides is 3. The van der Waals surface area contributed by atoms with E-state index in [0.29, 0.717) is 16.7 Å². The van der Waals surface area contributed by atoms with E-state index in [4.69, 9.17) is 0 Å². The molecule has 1 aromatic heterocycles. The number of piperidine rings is 1. The molecule has 0 saturated carbocycles. The second-order valence-corrected chi connectivity index (χ2v) is 13.7. The number of carboxylic acid groups (broad SMARTS) is 1. The summed E-state index contributed by atoms with van der Waals surface area (Å²) < 4.78 is 28.7. The van der Waals surface area contributed by atoms with E-state index < -0.39 is 50.5 Å². The lowest BCUT2D eigenvalue weighted by atomic mass is 9.82. The lowest BCUT2D eigenvalue weighted by Gasteiger charge is -2.43. The third kappa shape index (κ3) is 7.75. The van der Waals surface area contributed by atoms with E-state index in [0.717, 1.165) is 5.56 Å². The summed E-state index contributed by atoms with van der Waals surface area (Å²) in [7, 11) is -3.65. The predicted octanol–water partition coefficient (Wildman–Crippen LogP) is 2.66. The highest BCUT2D eigenvalue weighted by Crippen LogP contribution is 2.34. The number of hydrogen-bond donors (Lipinski definition) is 5. The minimum Gasteiger partial charge on any atom is -0.480 e. The Bertz CT molecular complexity index is 1710. The number of H-pyrrole nitrogens is 1. The van der Waals surface area contributed by atoms with E-state index in [9.17, 15) is 32.7 Å². The van der Waals surface area contributed by atoms with Gasteiger partial charge in [-0.1, -0.05) is 48.5 Å². The molecule has 0 radical (unpaired) electrons. The number of sulfonamides is 1. The molecule has 4 rings (SSSR count). The molecule has 1 fully saturated rings. The van der Waals surface area contributed by atoms with Crippen molar-refractivity contribution in [1.29, 1.82) is 0 Å². The summed E-state index contributed by atoms with van der Waals surface area (Å²) in [6.45, 7) is 7.04. The molecule has 1 unspecified atom stereocenters. The first kappa shape index (κ1) is 33.3. The Morgan fingerprint density at radius 1 is 1.02 bits per heavy atom. The van der Waals surface area contributed by atoms with Crippen molar-refractivity contribution in [3.8, 4) is 0 Å². The number of nitrogens with one attached hydrogen (secondary N) is 4. The number of carboxylic acids is 1. The average Bonchev–Trinajstić information content (AvgIpc) is 2.98. The fourth-order valence-electron chi connectivity index (χ4n) is 5.38. The SMILES string of the molecule is Cc1cccc(C)c1C(=O)Nc1nc(=O)[nH]cc1CC(NC(=O)N1CCC(NS(=O)(=O)C(C)C)(c2ccccc2)CC1)C(=O)O. The molecule has 2 heterocycles. The fraction of sp³-hybridized carbons (Fsp3) is 0.387. The van der Waals surface area contributed by atoms with Gasteiger partial charge in [-0.25, -0.2) is 27.5 Å². The molecular weight excluding hydrogens is 600 g/mol. The Hall–Kier alpha value is -4.56. The minimum atomic E-state index is -3.65. The molecule has 13 nitrogen and oxygen atoms in total. The van der Waals surface area contributed by atoms with Crippen molar-refractivity contribution in [1.82, 2.24) is 24.9 Å². The molecule has 0 aliphatic carbocycles. The highest BCUT2D eigenvalue weighted by molar-refractivity contribution is 7.90. The van der Waals surface area contributed by atoms with Crippen molar-refractivity contribution in [3.63, 3.8) is 0 Å². The summed E-state index contributed by atoms with van der Waals surface area (Å²) in [6.07, 6.45) is 1.51. The third-order valence-corrected chi connectivity index (χ3v) is 9.95. The van der Waals surface area contributed by atoms with Crippen molar-refractivity contribution >= 4 is 33.7 Å². The van der Waals surface area contributed by atoms with Gasteiger partial charge in [0.15, 0.2) is 0 Å². The maximum Gasteiger partial charge on any atom is 0.346 e. The largest absolute Gasteiger partial charge is 0.480 e. The molecule has 0 spiro atoms. The molecular formula is C31H38N6O7S. The van der Waals surface area contributed by atoms with E-state index in [-0.39, 0.29) is 43.7 Å². The van der Waals surface area contributed by atoms with Crippen LogP contribution in [0.5, 0.6) is 0 Å². The highest BCUT2D eigenvalue weighted by atomic mass is 32.2. The molecule has 1 saturated heterocycles. The number of aromatic amines is 1. The molecule has 240 valence electrons. The van der Waals surface area contributed by atoms with Crippen LogP contribution in [0.1, 0.15) is 59.3 Å². The number of anilines is 1. The van der Waals surface area contributed by atoms with Gasteiger partial charge >= 0.3 is 17.7 Å². The molecule has 1 atom stereocenters. The normalized spacial score (nSPS) is 15.4. The van der Waals surface area contributed by atoms with Crippen LogP contribution in [0, 0.1) is 13.8 Å². The number of aromatic nitrogens is 2. The molecule has 0 bridgehead atoms. The maximum atomic E-state index is 13.3. The van der Waals surface area contributed by atoms with E-state index in [1.807, 2.05) is 36.4 Å². The van der Waals surface area contributed by atoms with Gasteiger partial charge in [0.1, 0.15) is 11.9 Å². The van der Waals surface area contributed by atoms with E-state index in [2.05, 4.69) is 25.3 Å². The van der Waals surface area contributed by atoms with Gasteiger partial charge in [0, 0.05) is 36.8 Å². The number of hydrogen-bond acceptors (Lipinski definition) is 7. The van der Waals surface area contributed by atoms with Crippen molar-refractivity contribution in [2.24, 2.45) is 0 Å². The molecule has 1 aliphatic heterocycles. The summed E-state index contributed by atoms with van der Waals surface area (Å²) in [5.41, 5.74) is 1.13. The Labute approximate surface area is 261 Å². The predicted molar refractivity (Wildman–Crippen MR) is 169 cm³/mol. The Morgan fingerprint density at radius 2 is 1.64 bits per heavy atom. The smallest absolute Gasteiger partial charge is 0.346 e. The van der Waals surface area contributed by atoms with Crippen LogP contribution in [0.3, 0.4) is 0 Å². The van der Waals surface area contributed by atoms with Gasteiger partial charge in [0.2, 0.25) is 10.0 Å². The van der Waals surface area contributed by atoms with Crippen LogP contribution in [-0.4, -0.2) is 70.7 Å². The number of aryl methyl sites for hydroxylation is 2. The first-order valence-corrected chi connectivity index (χ1v) is 16.1. The van der Waals surface area contributed by atoms with Crippen LogP contribution in [-0.2, 0) is 26.8 Å². The van der Waals surface area contributed by atoms with E-state index in [1.54, 1.807) is 39.8 Å². The second-order valence-electron chi connectivity index (χ2n) is 11.5. The van der Waals surface area contributed by atoms with Gasteiger partial charge in [-0.2, -0.15) is 4.98 Å². The van der Waals surface area contributed by atoms with Crippen LogP contribution in [0.4, 0.5) is 10.6 Å². The average molecular weight is 639 g/mol. The van der Waals surface area contributed by atoms with Gasteiger partial charge in [-0.3, -0.25) is 4.79 Å². The molecule has 45 heavy (non-hydrogen) atoms. The number of carbonyl (C=O) groups is 3. The van der Waals surface area contributed by atoms with Gasteiger partial charge in [-0.05, 0) is 57.2 Å². The van der Waals surface area contributed by atoms with Gasteiger partial charge < -0.3 is 25.6 Å². The topological polar surface area (TPSA) is 191 Å². The van der Waals surface area contributed by atoms with E-state index in [1.165, 1.54) is 11.1 Å². The number of carbonyl (C=O) groups excluding carboxylic acids is 2. The number of nitrogens with zero attached hydrogens (tertiary/aromatic N) is 2. The Balaban J connectivity index is 1.50. The minimum absolute atomic E-state index is 0.116. The number of urea groups is 1. The molecule has 2 aromatic carbocycles. The number of rotatable bonds is 10. The molecule has 14 heteroatoms. The summed E-state index contributed by atoms with van der Waals surface area (Å²) in [5, 5.41) is 14.5. The Morgan fingerprint density at radius 3 is 2.22 bits per heavy atom. The zero-order valence-electron chi connectivity index (χ0n) is 25.6. The van der Waals surface area contributed by atoms with Crippen molar-refractivity contribution in [2.75, 3.05) is 18.4 Å². The van der Waals surface area contributed by atoms with Crippen LogP contribution >= 0.6 is 0 Å². The lowest BCUT2D eigenvalue weighted by molar-refractivity contribution is -0.139. The molecule has 1 aliphatic rings. The van der Waals surface area contributed by atoms with Crippen molar-refractivity contribution in [3.05, 3.63) is 93.0 Å². The van der Waals surface area contributed by atoms with E-state index >= 15 is 0 Å². The number of aliphatic carboxylic acids is 1. The van der Waals surface area contributed by atoms with Gasteiger partial charge in [0.25, 0.3) is 5.91 Å². The quantitative estimate of drug-likeness (QED) is 0.224. The van der Waals surface area contributed by atoms with Crippen molar-refractivity contribution in [2.45, 2.75) is 63.8 Å². The van der Waals surface area contributed by atoms with Crippen LogP contribution < -0.4 is 21.0 Å². The first-order valence-electron chi connectivity index (χ1n) is 14.5. The lowest BCUT2D eigenvalue weighted by Crippen LogP contribution is -2.57.